The van der Waals surface area contributed by atoms with Crippen LogP contribution in [0.25, 0.3) is 0 Å². The molecule has 2 rings (SSSR count). The summed E-state index contributed by atoms with van der Waals surface area (Å²) in [5, 5.41) is 6.92. The highest BCUT2D eigenvalue weighted by atomic mass is 35.5. The summed E-state index contributed by atoms with van der Waals surface area (Å²) in [7, 11) is 4.06. The zero-order chi connectivity index (χ0) is 17.5. The highest BCUT2D eigenvalue weighted by molar-refractivity contribution is 6.35. The van der Waals surface area contributed by atoms with E-state index < -0.39 is 0 Å². The maximum absolute atomic E-state index is 12.4. The molecule has 0 saturated heterocycles. The lowest BCUT2D eigenvalue weighted by Crippen LogP contribution is -2.17. The predicted molar refractivity (Wildman–Crippen MR) is 100 cm³/mol. The van der Waals surface area contributed by atoms with E-state index in [1.54, 1.807) is 36.5 Å². The zero-order valence-corrected chi connectivity index (χ0v) is 15.2. The van der Waals surface area contributed by atoms with E-state index in [2.05, 4.69) is 20.5 Å². The smallest absolute Gasteiger partial charge is 0.255 e. The molecule has 5 nitrogen and oxygen atoms in total. The molecule has 128 valence electrons. The highest BCUT2D eigenvalue weighted by Crippen LogP contribution is 2.26. The summed E-state index contributed by atoms with van der Waals surface area (Å²) in [5.74, 6) is 0.400. The van der Waals surface area contributed by atoms with Crippen LogP contribution in [0.3, 0.4) is 0 Å². The van der Waals surface area contributed by atoms with E-state index in [9.17, 15) is 4.79 Å². The van der Waals surface area contributed by atoms with Gasteiger partial charge in [-0.3, -0.25) is 4.79 Å². The maximum Gasteiger partial charge on any atom is 0.255 e. The third kappa shape index (κ3) is 5.67. The van der Waals surface area contributed by atoms with Gasteiger partial charge in [0.05, 0.1) is 10.7 Å². The lowest BCUT2D eigenvalue weighted by atomic mass is 10.2. The van der Waals surface area contributed by atoms with Crippen LogP contribution < -0.4 is 10.6 Å². The number of carbonyl (C=O) groups is 1. The summed E-state index contributed by atoms with van der Waals surface area (Å²) in [6, 6.07) is 8.29. The maximum atomic E-state index is 12.4. The highest BCUT2D eigenvalue weighted by Gasteiger charge is 2.10. The average Bonchev–Trinajstić information content (AvgIpc) is 2.55. The van der Waals surface area contributed by atoms with Crippen molar-refractivity contribution in [3.05, 3.63) is 52.1 Å². The van der Waals surface area contributed by atoms with Gasteiger partial charge in [0.25, 0.3) is 5.91 Å². The number of anilines is 2. The Bertz CT molecular complexity index is 707. The van der Waals surface area contributed by atoms with Gasteiger partial charge in [0.1, 0.15) is 5.82 Å². The van der Waals surface area contributed by atoms with Crippen molar-refractivity contribution in [2.45, 2.75) is 6.42 Å². The first kappa shape index (κ1) is 18.5. The molecule has 0 atom stereocenters. The zero-order valence-electron chi connectivity index (χ0n) is 13.6. The van der Waals surface area contributed by atoms with Crippen LogP contribution in [0.1, 0.15) is 16.8 Å². The van der Waals surface area contributed by atoms with Gasteiger partial charge < -0.3 is 15.5 Å². The van der Waals surface area contributed by atoms with Crippen molar-refractivity contribution in [1.82, 2.24) is 9.88 Å². The fourth-order valence-electron chi connectivity index (χ4n) is 2.07. The molecule has 1 amide bonds. The lowest BCUT2D eigenvalue weighted by Gasteiger charge is -2.11. The summed E-state index contributed by atoms with van der Waals surface area (Å²) >= 11 is 12.0. The first-order valence-corrected chi connectivity index (χ1v) is 8.32. The van der Waals surface area contributed by atoms with Crippen molar-refractivity contribution in [2.75, 3.05) is 37.8 Å². The van der Waals surface area contributed by atoms with Crippen LogP contribution >= 0.6 is 23.2 Å². The molecule has 0 radical (unpaired) electrons. The number of rotatable bonds is 7. The number of nitrogens with zero attached hydrogens (tertiary/aromatic N) is 2. The molecule has 2 N–H and O–H groups in total. The summed E-state index contributed by atoms with van der Waals surface area (Å²) < 4.78 is 0. The van der Waals surface area contributed by atoms with Crippen molar-refractivity contribution >= 4 is 40.6 Å². The summed E-state index contributed by atoms with van der Waals surface area (Å²) in [5.41, 5.74) is 0.975. The molecule has 0 saturated carbocycles. The topological polar surface area (TPSA) is 57.3 Å². The minimum absolute atomic E-state index is 0.266. The fraction of sp³-hybridized carbons (Fsp3) is 0.294. The van der Waals surface area contributed by atoms with Gasteiger partial charge in [-0.2, -0.15) is 0 Å². The van der Waals surface area contributed by atoms with E-state index in [4.69, 9.17) is 23.2 Å². The van der Waals surface area contributed by atoms with Crippen LogP contribution in [-0.4, -0.2) is 43.0 Å². The molecule has 1 aromatic carbocycles. The van der Waals surface area contributed by atoms with Gasteiger partial charge in [-0.1, -0.05) is 23.2 Å². The molecule has 1 aromatic heterocycles. The average molecular weight is 367 g/mol. The second-order valence-electron chi connectivity index (χ2n) is 5.59. The van der Waals surface area contributed by atoms with Crippen molar-refractivity contribution in [2.24, 2.45) is 0 Å². The fourth-order valence-corrected chi connectivity index (χ4v) is 2.40. The molecule has 0 aliphatic carbocycles. The number of aromatic nitrogens is 1. The predicted octanol–water partition coefficient (Wildman–Crippen LogP) is 4.00. The summed E-state index contributed by atoms with van der Waals surface area (Å²) in [6.45, 7) is 1.77. The van der Waals surface area contributed by atoms with Crippen LogP contribution in [0.5, 0.6) is 0 Å². The number of nitrogens with one attached hydrogen (secondary N) is 2. The van der Waals surface area contributed by atoms with E-state index in [0.717, 1.165) is 19.5 Å². The Morgan fingerprint density at radius 3 is 2.75 bits per heavy atom. The van der Waals surface area contributed by atoms with Gasteiger partial charge in [0.15, 0.2) is 0 Å². The quantitative estimate of drug-likeness (QED) is 0.727. The standard InChI is InChI=1S/C17H20Cl2N4O/c1-23(2)9-3-7-20-16-10-12(6-8-21-16)17(24)22-15-11-13(18)4-5-14(15)19/h4-6,8,10-11H,3,7,9H2,1-2H3,(H,20,21)(H,22,24). The molecule has 24 heavy (non-hydrogen) atoms. The van der Waals surface area contributed by atoms with Crippen LogP contribution in [0.4, 0.5) is 11.5 Å². The first-order chi connectivity index (χ1) is 11.5. The third-order valence-corrected chi connectivity index (χ3v) is 3.85. The molecule has 2 aromatic rings. The molecule has 0 fully saturated rings. The molecule has 0 aliphatic rings. The largest absolute Gasteiger partial charge is 0.370 e. The number of pyridine rings is 1. The number of amides is 1. The molecule has 0 bridgehead atoms. The minimum Gasteiger partial charge on any atom is -0.370 e. The van der Waals surface area contributed by atoms with Crippen molar-refractivity contribution in [3.8, 4) is 0 Å². The van der Waals surface area contributed by atoms with Gasteiger partial charge >= 0.3 is 0 Å². The van der Waals surface area contributed by atoms with E-state index in [1.807, 2.05) is 14.1 Å². The van der Waals surface area contributed by atoms with Crippen LogP contribution in [-0.2, 0) is 0 Å². The van der Waals surface area contributed by atoms with Gasteiger partial charge in [-0.15, -0.1) is 0 Å². The van der Waals surface area contributed by atoms with Crippen LogP contribution in [0, 0.1) is 0 Å². The van der Waals surface area contributed by atoms with E-state index in [0.29, 0.717) is 27.1 Å². The number of hydrogen-bond acceptors (Lipinski definition) is 4. The van der Waals surface area contributed by atoms with Gasteiger partial charge in [-0.05, 0) is 57.4 Å². The molecule has 0 spiro atoms. The Balaban J connectivity index is 1.99. The lowest BCUT2D eigenvalue weighted by molar-refractivity contribution is 0.102. The Morgan fingerprint density at radius 2 is 2.00 bits per heavy atom. The van der Waals surface area contributed by atoms with Crippen LogP contribution in [0.2, 0.25) is 10.0 Å². The Hall–Kier alpha value is -1.82. The molecule has 1 heterocycles. The Labute approximate surface area is 152 Å². The number of halogens is 2. The monoisotopic (exact) mass is 366 g/mol. The molecule has 0 aliphatic heterocycles. The van der Waals surface area contributed by atoms with Gasteiger partial charge in [0.2, 0.25) is 0 Å². The van der Waals surface area contributed by atoms with Crippen molar-refractivity contribution in [3.63, 3.8) is 0 Å². The van der Waals surface area contributed by atoms with Crippen molar-refractivity contribution in [1.29, 1.82) is 0 Å². The Kier molecular flexibility index (Phi) is 6.85. The summed E-state index contributed by atoms with van der Waals surface area (Å²) in [6.07, 6.45) is 2.59. The minimum atomic E-state index is -0.266. The molecular formula is C17H20Cl2N4O. The molecular weight excluding hydrogens is 347 g/mol. The van der Waals surface area contributed by atoms with E-state index >= 15 is 0 Å². The van der Waals surface area contributed by atoms with Gasteiger partial charge in [0, 0.05) is 23.3 Å². The number of hydrogen-bond donors (Lipinski definition) is 2. The van der Waals surface area contributed by atoms with Crippen molar-refractivity contribution < 1.29 is 4.79 Å². The molecule has 7 heteroatoms. The van der Waals surface area contributed by atoms with Gasteiger partial charge in [-0.25, -0.2) is 4.98 Å². The second-order valence-corrected chi connectivity index (χ2v) is 6.44. The molecule has 0 unspecified atom stereocenters. The summed E-state index contributed by atoms with van der Waals surface area (Å²) in [4.78, 5) is 18.7. The first-order valence-electron chi connectivity index (χ1n) is 7.57. The number of carbonyl (C=O) groups excluding carboxylic acids is 1. The Morgan fingerprint density at radius 1 is 1.21 bits per heavy atom. The SMILES string of the molecule is CN(C)CCCNc1cc(C(=O)Nc2cc(Cl)ccc2Cl)ccn1. The normalized spacial score (nSPS) is 10.7. The second kappa shape index (κ2) is 8.87. The van der Waals surface area contributed by atoms with Crippen LogP contribution in [0.15, 0.2) is 36.5 Å². The number of benzene rings is 1. The van der Waals surface area contributed by atoms with E-state index in [-0.39, 0.29) is 5.91 Å². The van der Waals surface area contributed by atoms with E-state index in [1.165, 1.54) is 0 Å². The third-order valence-electron chi connectivity index (χ3n) is 3.29.